The van der Waals surface area contributed by atoms with Crippen LogP contribution < -0.4 is 4.90 Å². The Morgan fingerprint density at radius 1 is 1.00 bits per heavy atom. The van der Waals surface area contributed by atoms with E-state index in [2.05, 4.69) is 58.2 Å². The predicted molar refractivity (Wildman–Crippen MR) is 129 cm³/mol. The molecular weight excluding hydrogens is 414 g/mol. The van der Waals surface area contributed by atoms with Crippen LogP contribution in [0.25, 0.3) is 11.0 Å². The lowest BCUT2D eigenvalue weighted by atomic mass is 9.90. The highest BCUT2D eigenvalue weighted by molar-refractivity contribution is 5.97. The number of hydrogen-bond acceptors (Lipinski definition) is 6. The molecule has 2 aromatic heterocycles. The summed E-state index contributed by atoms with van der Waals surface area (Å²) in [4.78, 5) is 31.7. The largest absolute Gasteiger partial charge is 0.378 e. The number of nitrogens with zero attached hydrogens (tertiary/aromatic N) is 5. The van der Waals surface area contributed by atoms with Gasteiger partial charge in [0.25, 0.3) is 5.91 Å². The highest BCUT2D eigenvalue weighted by Gasteiger charge is 2.28. The molecule has 4 heterocycles. The molecule has 1 amide bonds. The van der Waals surface area contributed by atoms with Gasteiger partial charge in [0.05, 0.1) is 18.6 Å². The van der Waals surface area contributed by atoms with Crippen molar-refractivity contribution >= 4 is 22.8 Å². The van der Waals surface area contributed by atoms with Crippen molar-refractivity contribution in [3.05, 3.63) is 59.0 Å². The number of carbonyl (C=O) groups is 1. The quantitative estimate of drug-likeness (QED) is 0.611. The summed E-state index contributed by atoms with van der Waals surface area (Å²) >= 11 is 0. The minimum atomic E-state index is -0.0921. The summed E-state index contributed by atoms with van der Waals surface area (Å²) in [6, 6.07) is 12.7. The molecule has 2 fully saturated rings. The minimum Gasteiger partial charge on any atom is -0.378 e. The van der Waals surface area contributed by atoms with E-state index in [1.54, 1.807) is 0 Å². The maximum atomic E-state index is 13.4. The van der Waals surface area contributed by atoms with Crippen LogP contribution in [0, 0.1) is 19.8 Å². The number of morpholine rings is 1. The SMILES string of the molecule is Cc1cc(C)c2c(N3CCOCC3)nc(C(=O)N3CCC(Cc4ccccc4)CC3)nc2n1. The van der Waals surface area contributed by atoms with Gasteiger partial charge in [0.1, 0.15) is 5.82 Å². The summed E-state index contributed by atoms with van der Waals surface area (Å²) < 4.78 is 5.53. The predicted octanol–water partition coefficient (Wildman–Crippen LogP) is 3.57. The van der Waals surface area contributed by atoms with Crippen molar-refractivity contribution in [2.45, 2.75) is 33.1 Å². The summed E-state index contributed by atoms with van der Waals surface area (Å²) in [6.45, 7) is 8.31. The first-order valence-electron chi connectivity index (χ1n) is 11.9. The van der Waals surface area contributed by atoms with Crippen LogP contribution in [-0.2, 0) is 11.2 Å². The fourth-order valence-electron chi connectivity index (χ4n) is 4.98. The summed E-state index contributed by atoms with van der Waals surface area (Å²) in [5.74, 6) is 1.56. The van der Waals surface area contributed by atoms with Gasteiger partial charge in [-0.3, -0.25) is 4.79 Å². The van der Waals surface area contributed by atoms with Crippen LogP contribution in [0.3, 0.4) is 0 Å². The highest BCUT2D eigenvalue weighted by Crippen LogP contribution is 2.29. The van der Waals surface area contributed by atoms with Gasteiger partial charge in [-0.2, -0.15) is 0 Å². The zero-order valence-electron chi connectivity index (χ0n) is 19.5. The third-order valence-corrected chi connectivity index (χ3v) is 6.74. The Kier molecular flexibility index (Phi) is 6.22. The number of carbonyl (C=O) groups excluding carboxylic acids is 1. The van der Waals surface area contributed by atoms with Crippen LogP contribution in [0.2, 0.25) is 0 Å². The Balaban J connectivity index is 1.38. The molecule has 0 unspecified atom stereocenters. The van der Waals surface area contributed by atoms with E-state index in [0.717, 1.165) is 67.9 Å². The lowest BCUT2D eigenvalue weighted by Crippen LogP contribution is -2.40. The zero-order chi connectivity index (χ0) is 22.8. The van der Waals surface area contributed by atoms with Gasteiger partial charge in [-0.25, -0.2) is 15.0 Å². The van der Waals surface area contributed by atoms with Crippen molar-refractivity contribution in [3.63, 3.8) is 0 Å². The molecule has 0 spiro atoms. The molecule has 7 heteroatoms. The Bertz CT molecular complexity index is 1140. The van der Waals surface area contributed by atoms with Gasteiger partial charge >= 0.3 is 0 Å². The van der Waals surface area contributed by atoms with E-state index in [1.165, 1.54) is 5.56 Å². The number of fused-ring (bicyclic) bond motifs is 1. The first kappa shape index (κ1) is 21.8. The van der Waals surface area contributed by atoms with E-state index in [-0.39, 0.29) is 11.7 Å². The smallest absolute Gasteiger partial charge is 0.291 e. The molecule has 1 aromatic carbocycles. The van der Waals surface area contributed by atoms with Crippen LogP contribution in [0.4, 0.5) is 5.82 Å². The molecule has 2 aliphatic rings. The van der Waals surface area contributed by atoms with Gasteiger partial charge in [-0.05, 0) is 56.2 Å². The van der Waals surface area contributed by atoms with Gasteiger partial charge in [-0.1, -0.05) is 30.3 Å². The summed E-state index contributed by atoms with van der Waals surface area (Å²) in [7, 11) is 0. The molecule has 2 saturated heterocycles. The molecule has 0 radical (unpaired) electrons. The molecule has 33 heavy (non-hydrogen) atoms. The van der Waals surface area contributed by atoms with Crippen LogP contribution in [0.5, 0.6) is 0 Å². The maximum absolute atomic E-state index is 13.4. The second-order valence-corrected chi connectivity index (χ2v) is 9.17. The molecule has 0 saturated carbocycles. The van der Waals surface area contributed by atoms with Crippen LogP contribution in [-0.4, -0.2) is 65.2 Å². The lowest BCUT2D eigenvalue weighted by molar-refractivity contribution is 0.0678. The van der Waals surface area contributed by atoms with Crippen LogP contribution in [0.15, 0.2) is 36.4 Å². The number of aryl methyl sites for hydroxylation is 2. The van der Waals surface area contributed by atoms with Gasteiger partial charge in [0, 0.05) is 31.9 Å². The number of rotatable bonds is 4. The average molecular weight is 446 g/mol. The highest BCUT2D eigenvalue weighted by atomic mass is 16.5. The average Bonchev–Trinajstić information content (AvgIpc) is 2.84. The molecule has 5 rings (SSSR count). The Hall–Kier alpha value is -3.06. The number of benzene rings is 1. The first-order valence-corrected chi connectivity index (χ1v) is 11.9. The molecular formula is C26H31N5O2. The number of aromatic nitrogens is 3. The topological polar surface area (TPSA) is 71.5 Å². The van der Waals surface area contributed by atoms with E-state index >= 15 is 0 Å². The summed E-state index contributed by atoms with van der Waals surface area (Å²) in [5, 5.41) is 0.931. The molecule has 2 aliphatic heterocycles. The van der Waals surface area contributed by atoms with Crippen LogP contribution >= 0.6 is 0 Å². The van der Waals surface area contributed by atoms with Crippen LogP contribution in [0.1, 0.15) is 40.3 Å². The van der Waals surface area contributed by atoms with E-state index in [4.69, 9.17) is 9.72 Å². The van der Waals surface area contributed by atoms with Crippen molar-refractivity contribution in [1.82, 2.24) is 19.9 Å². The number of anilines is 1. The van der Waals surface area contributed by atoms with Gasteiger partial charge in [0.2, 0.25) is 5.82 Å². The number of ether oxygens (including phenoxy) is 1. The van der Waals surface area contributed by atoms with E-state index in [0.29, 0.717) is 24.8 Å². The Morgan fingerprint density at radius 2 is 1.73 bits per heavy atom. The number of hydrogen-bond donors (Lipinski definition) is 0. The van der Waals surface area contributed by atoms with Gasteiger partial charge in [-0.15, -0.1) is 0 Å². The number of pyridine rings is 1. The van der Waals surface area contributed by atoms with E-state index in [9.17, 15) is 4.79 Å². The Morgan fingerprint density at radius 3 is 2.45 bits per heavy atom. The molecule has 0 aliphatic carbocycles. The summed E-state index contributed by atoms with van der Waals surface area (Å²) in [6.07, 6.45) is 3.07. The second kappa shape index (κ2) is 9.43. The van der Waals surface area contributed by atoms with Gasteiger partial charge in [0.15, 0.2) is 5.65 Å². The van der Waals surface area contributed by atoms with Crippen molar-refractivity contribution in [1.29, 1.82) is 0 Å². The molecule has 0 atom stereocenters. The number of amides is 1. The molecule has 3 aromatic rings. The normalized spacial score (nSPS) is 17.5. The standard InChI is InChI=1S/C26H31N5O2/c1-18-16-19(2)27-23-22(18)25(30-12-14-33-15-13-30)29-24(28-23)26(32)31-10-8-21(9-11-31)17-20-6-4-3-5-7-20/h3-7,16,21H,8-15,17H2,1-2H3. The second-order valence-electron chi connectivity index (χ2n) is 9.17. The first-order chi connectivity index (χ1) is 16.1. The third kappa shape index (κ3) is 4.69. The fourth-order valence-corrected chi connectivity index (χ4v) is 4.98. The van der Waals surface area contributed by atoms with E-state index in [1.807, 2.05) is 11.8 Å². The lowest BCUT2D eigenvalue weighted by Gasteiger charge is -2.32. The number of likely N-dealkylation sites (tertiary alicyclic amines) is 1. The van der Waals surface area contributed by atoms with Crippen molar-refractivity contribution in [2.24, 2.45) is 5.92 Å². The molecule has 0 bridgehead atoms. The third-order valence-electron chi connectivity index (χ3n) is 6.74. The minimum absolute atomic E-state index is 0.0921. The molecule has 7 nitrogen and oxygen atoms in total. The monoisotopic (exact) mass is 445 g/mol. The zero-order valence-corrected chi connectivity index (χ0v) is 19.5. The summed E-state index contributed by atoms with van der Waals surface area (Å²) in [5.41, 5.74) is 3.95. The van der Waals surface area contributed by atoms with Crippen molar-refractivity contribution in [2.75, 3.05) is 44.3 Å². The Labute approximate surface area is 194 Å². The maximum Gasteiger partial charge on any atom is 0.291 e. The molecule has 172 valence electrons. The van der Waals surface area contributed by atoms with Crippen molar-refractivity contribution < 1.29 is 9.53 Å². The molecule has 0 N–H and O–H groups in total. The van der Waals surface area contributed by atoms with E-state index < -0.39 is 0 Å². The van der Waals surface area contributed by atoms with Gasteiger partial charge < -0.3 is 14.5 Å². The fraction of sp³-hybridized carbons (Fsp3) is 0.462. The number of piperidine rings is 1. The van der Waals surface area contributed by atoms with Crippen molar-refractivity contribution in [3.8, 4) is 0 Å².